The molecule has 1 aromatic carbocycles. The normalized spacial score (nSPS) is 18.3. The monoisotopic (exact) mass is 254 g/mol. The van der Waals surface area contributed by atoms with E-state index in [1.165, 1.54) is 11.1 Å². The Morgan fingerprint density at radius 2 is 2.21 bits per heavy atom. The minimum absolute atomic E-state index is 0.0113. The smallest absolute Gasteiger partial charge is 0.137 e. The highest BCUT2D eigenvalue weighted by molar-refractivity contribution is 5.43. The molecule has 2 N–H and O–H groups in total. The van der Waals surface area contributed by atoms with Gasteiger partial charge < -0.3 is 10.5 Å². The van der Waals surface area contributed by atoms with Crippen LogP contribution in [0.25, 0.3) is 0 Å². The van der Waals surface area contributed by atoms with Gasteiger partial charge in [-0.1, -0.05) is 24.3 Å². The Morgan fingerprint density at radius 1 is 1.37 bits per heavy atom. The lowest BCUT2D eigenvalue weighted by Gasteiger charge is -2.34. The second-order valence-electron chi connectivity index (χ2n) is 4.92. The first-order chi connectivity index (χ1) is 9.29. The van der Waals surface area contributed by atoms with Crippen LogP contribution in [0.1, 0.15) is 35.6 Å². The molecule has 3 rings (SSSR count). The number of hydrogen-bond donors (Lipinski definition) is 1. The van der Waals surface area contributed by atoms with Crippen molar-refractivity contribution in [3.63, 3.8) is 0 Å². The molecule has 19 heavy (non-hydrogen) atoms. The Balaban J connectivity index is 1.82. The summed E-state index contributed by atoms with van der Waals surface area (Å²) in [5.41, 5.74) is 10.2. The Labute approximate surface area is 113 Å². The van der Waals surface area contributed by atoms with Gasteiger partial charge in [-0.25, -0.2) is 0 Å². The molecule has 1 heterocycles. The molecule has 2 atom stereocenters. The van der Waals surface area contributed by atoms with E-state index in [-0.39, 0.29) is 6.04 Å². The van der Waals surface area contributed by atoms with Crippen molar-refractivity contribution in [3.05, 3.63) is 59.4 Å². The van der Waals surface area contributed by atoms with Crippen molar-refractivity contribution >= 4 is 0 Å². The molecule has 1 aromatic heterocycles. The molecule has 0 fully saturated rings. The molecule has 2 aromatic rings. The Morgan fingerprint density at radius 3 is 3.00 bits per heavy atom. The minimum atomic E-state index is -0.0113. The zero-order valence-electron chi connectivity index (χ0n) is 11.0. The van der Waals surface area contributed by atoms with Gasteiger partial charge in [0.1, 0.15) is 5.75 Å². The summed E-state index contributed by atoms with van der Waals surface area (Å²) in [5, 5.41) is 0. The van der Waals surface area contributed by atoms with Crippen LogP contribution in [0.4, 0.5) is 0 Å². The molecule has 1 aliphatic carbocycles. The molecule has 0 saturated carbocycles. The van der Waals surface area contributed by atoms with Gasteiger partial charge in [0, 0.05) is 18.2 Å². The first kappa shape index (κ1) is 12.2. The number of ether oxygens (including phenoxy) is 1. The van der Waals surface area contributed by atoms with E-state index in [2.05, 4.69) is 29.2 Å². The van der Waals surface area contributed by atoms with Gasteiger partial charge in [0.2, 0.25) is 0 Å². The van der Waals surface area contributed by atoms with Crippen LogP contribution in [0.15, 0.2) is 42.7 Å². The van der Waals surface area contributed by atoms with Gasteiger partial charge in [0.05, 0.1) is 12.8 Å². The Hall–Kier alpha value is -1.87. The molecule has 0 amide bonds. The topological polar surface area (TPSA) is 48.1 Å². The second-order valence-corrected chi connectivity index (χ2v) is 4.92. The van der Waals surface area contributed by atoms with Gasteiger partial charge in [-0.05, 0) is 36.1 Å². The van der Waals surface area contributed by atoms with Crippen molar-refractivity contribution < 1.29 is 4.74 Å². The van der Waals surface area contributed by atoms with Crippen LogP contribution in [0.2, 0.25) is 0 Å². The third-order valence-corrected chi connectivity index (χ3v) is 3.76. The van der Waals surface area contributed by atoms with Crippen molar-refractivity contribution in [2.45, 2.75) is 25.3 Å². The van der Waals surface area contributed by atoms with Gasteiger partial charge in [0.25, 0.3) is 0 Å². The Kier molecular flexibility index (Phi) is 3.22. The van der Waals surface area contributed by atoms with E-state index in [1.807, 2.05) is 19.2 Å². The highest BCUT2D eigenvalue weighted by atomic mass is 16.5. The second kappa shape index (κ2) is 5.02. The van der Waals surface area contributed by atoms with Crippen molar-refractivity contribution in [3.8, 4) is 5.75 Å². The molecule has 0 bridgehead atoms. The molecule has 2 unspecified atom stereocenters. The molecule has 0 spiro atoms. The number of pyridine rings is 1. The van der Waals surface area contributed by atoms with Gasteiger partial charge in [-0.3, -0.25) is 4.98 Å². The summed E-state index contributed by atoms with van der Waals surface area (Å²) in [7, 11) is 0. The first-order valence-corrected chi connectivity index (χ1v) is 6.70. The van der Waals surface area contributed by atoms with E-state index in [0.29, 0.717) is 12.5 Å². The standard InChI is InChI=1S/C16H18N2O/c1-2-19-13-7-12(9-18-10-13)16(17)15-8-11-5-3-4-6-14(11)15/h3-7,9-10,15-16H,2,8,17H2,1H3. The van der Waals surface area contributed by atoms with E-state index in [0.717, 1.165) is 17.7 Å². The number of fused-ring (bicyclic) bond motifs is 1. The SMILES string of the molecule is CCOc1cncc(C(N)C2Cc3ccccc32)c1. The number of rotatable bonds is 4. The average Bonchev–Trinajstić information content (AvgIpc) is 2.41. The largest absolute Gasteiger partial charge is 0.492 e. The predicted octanol–water partition coefficient (Wildman–Crippen LogP) is 2.82. The first-order valence-electron chi connectivity index (χ1n) is 6.70. The van der Waals surface area contributed by atoms with E-state index in [4.69, 9.17) is 10.5 Å². The van der Waals surface area contributed by atoms with Crippen LogP contribution in [0.3, 0.4) is 0 Å². The lowest BCUT2D eigenvalue weighted by Crippen LogP contribution is -2.29. The molecular weight excluding hydrogens is 236 g/mol. The summed E-state index contributed by atoms with van der Waals surface area (Å²) in [6.45, 7) is 2.61. The number of hydrogen-bond acceptors (Lipinski definition) is 3. The van der Waals surface area contributed by atoms with Gasteiger partial charge in [-0.15, -0.1) is 0 Å². The van der Waals surface area contributed by atoms with E-state index < -0.39 is 0 Å². The maximum absolute atomic E-state index is 6.38. The van der Waals surface area contributed by atoms with Gasteiger partial charge >= 0.3 is 0 Å². The number of nitrogens with two attached hydrogens (primary N) is 1. The summed E-state index contributed by atoms with van der Waals surface area (Å²) < 4.78 is 5.48. The van der Waals surface area contributed by atoms with Gasteiger partial charge in [-0.2, -0.15) is 0 Å². The maximum atomic E-state index is 6.38. The molecule has 3 heteroatoms. The fraction of sp³-hybridized carbons (Fsp3) is 0.312. The van der Waals surface area contributed by atoms with Crippen LogP contribution >= 0.6 is 0 Å². The van der Waals surface area contributed by atoms with Crippen LogP contribution in [0, 0.1) is 0 Å². The van der Waals surface area contributed by atoms with E-state index in [1.54, 1.807) is 6.20 Å². The molecule has 0 radical (unpaired) electrons. The number of benzene rings is 1. The third-order valence-electron chi connectivity index (χ3n) is 3.76. The van der Waals surface area contributed by atoms with Crippen molar-refractivity contribution in [1.29, 1.82) is 0 Å². The third kappa shape index (κ3) is 2.22. The van der Waals surface area contributed by atoms with Crippen molar-refractivity contribution in [2.24, 2.45) is 5.73 Å². The summed E-state index contributed by atoms with van der Waals surface area (Å²) in [6, 6.07) is 10.5. The average molecular weight is 254 g/mol. The molecule has 3 nitrogen and oxygen atoms in total. The van der Waals surface area contributed by atoms with Crippen molar-refractivity contribution in [2.75, 3.05) is 6.61 Å². The predicted molar refractivity (Wildman–Crippen MR) is 75.2 cm³/mol. The molecule has 1 aliphatic rings. The summed E-state index contributed by atoms with van der Waals surface area (Å²) in [6.07, 6.45) is 4.62. The van der Waals surface area contributed by atoms with Gasteiger partial charge in [0.15, 0.2) is 0 Å². The molecular formula is C16H18N2O. The van der Waals surface area contributed by atoms with Crippen LogP contribution in [-0.2, 0) is 6.42 Å². The zero-order chi connectivity index (χ0) is 13.2. The highest BCUT2D eigenvalue weighted by Crippen LogP contribution is 2.42. The summed E-state index contributed by atoms with van der Waals surface area (Å²) >= 11 is 0. The number of aromatic nitrogens is 1. The summed E-state index contributed by atoms with van der Waals surface area (Å²) in [4.78, 5) is 4.22. The quantitative estimate of drug-likeness (QED) is 0.912. The van der Waals surface area contributed by atoms with Crippen molar-refractivity contribution in [1.82, 2.24) is 4.98 Å². The fourth-order valence-electron chi connectivity index (χ4n) is 2.71. The molecule has 0 aliphatic heterocycles. The zero-order valence-corrected chi connectivity index (χ0v) is 11.0. The van der Waals surface area contributed by atoms with Crippen LogP contribution < -0.4 is 10.5 Å². The molecule has 0 saturated heterocycles. The summed E-state index contributed by atoms with van der Waals surface area (Å²) in [5.74, 6) is 1.19. The maximum Gasteiger partial charge on any atom is 0.137 e. The Bertz CT molecular complexity index is 582. The lowest BCUT2D eigenvalue weighted by molar-refractivity contribution is 0.337. The molecule has 98 valence electrons. The minimum Gasteiger partial charge on any atom is -0.492 e. The van der Waals surface area contributed by atoms with Crippen LogP contribution in [0.5, 0.6) is 5.75 Å². The fourth-order valence-corrected chi connectivity index (χ4v) is 2.71. The van der Waals surface area contributed by atoms with E-state index in [9.17, 15) is 0 Å². The van der Waals surface area contributed by atoms with Crippen LogP contribution in [-0.4, -0.2) is 11.6 Å². The number of nitrogens with zero attached hydrogens (tertiary/aromatic N) is 1. The van der Waals surface area contributed by atoms with E-state index >= 15 is 0 Å². The highest BCUT2D eigenvalue weighted by Gasteiger charge is 2.31. The lowest BCUT2D eigenvalue weighted by atomic mass is 9.72.